The van der Waals surface area contributed by atoms with Crippen molar-refractivity contribution in [3.63, 3.8) is 0 Å². The number of aromatic amines is 1. The van der Waals surface area contributed by atoms with Gasteiger partial charge in [-0.1, -0.05) is 0 Å². The fourth-order valence-electron chi connectivity index (χ4n) is 0.989. The Kier molecular flexibility index (Phi) is 2.99. The van der Waals surface area contributed by atoms with Gasteiger partial charge in [0.15, 0.2) is 0 Å². The number of ether oxygens (including phenoxy) is 1. The van der Waals surface area contributed by atoms with E-state index in [1.165, 1.54) is 19.4 Å². The number of nitrogens with one attached hydrogen (secondary N) is 1. The zero-order valence-corrected chi connectivity index (χ0v) is 7.19. The Hall–Kier alpha value is -1.40. The van der Waals surface area contributed by atoms with E-state index in [1.807, 2.05) is 0 Å². The summed E-state index contributed by atoms with van der Waals surface area (Å²) in [5, 5.41) is 10.3. The maximum Gasteiger partial charge on any atom is 0.287 e. The van der Waals surface area contributed by atoms with E-state index >= 15 is 0 Å². The van der Waals surface area contributed by atoms with Crippen LogP contribution in [-0.2, 0) is 4.74 Å². The average Bonchev–Trinajstić information content (AvgIpc) is 2.52. The number of rotatable bonds is 4. The predicted molar refractivity (Wildman–Crippen MR) is 46.3 cm³/mol. The summed E-state index contributed by atoms with van der Waals surface area (Å²) in [5.41, 5.74) is 6.26. The van der Waals surface area contributed by atoms with Gasteiger partial charge in [-0.2, -0.15) is 0 Å². The van der Waals surface area contributed by atoms with Crippen molar-refractivity contribution in [1.29, 1.82) is 0 Å². The van der Waals surface area contributed by atoms with Crippen LogP contribution in [0, 0.1) is 10.1 Å². The molecule has 1 rings (SSSR count). The van der Waals surface area contributed by atoms with E-state index in [0.717, 1.165) is 0 Å². The molecule has 0 spiro atoms. The van der Waals surface area contributed by atoms with Gasteiger partial charge in [-0.15, -0.1) is 0 Å². The minimum atomic E-state index is -0.473. The van der Waals surface area contributed by atoms with Gasteiger partial charge in [0.25, 0.3) is 5.69 Å². The molecule has 1 atom stereocenters. The molecule has 0 saturated carbocycles. The number of hydrogen-bond acceptors (Lipinski definition) is 4. The summed E-state index contributed by atoms with van der Waals surface area (Å²) < 4.78 is 4.81. The van der Waals surface area contributed by atoms with E-state index in [9.17, 15) is 10.1 Å². The highest BCUT2D eigenvalue weighted by Gasteiger charge is 2.13. The van der Waals surface area contributed by atoms with Crippen molar-refractivity contribution in [3.05, 3.63) is 28.1 Å². The van der Waals surface area contributed by atoms with E-state index in [-0.39, 0.29) is 11.7 Å². The van der Waals surface area contributed by atoms with Gasteiger partial charge in [-0.3, -0.25) is 10.1 Å². The molecule has 0 bridgehead atoms. The predicted octanol–water partition coefficient (Wildman–Crippen LogP) is 0.569. The summed E-state index contributed by atoms with van der Waals surface area (Å²) >= 11 is 0. The quantitative estimate of drug-likeness (QED) is 0.529. The Morgan fingerprint density at radius 2 is 2.54 bits per heavy atom. The number of methoxy groups -OCH3 is 1. The normalized spacial score (nSPS) is 12.8. The molecule has 13 heavy (non-hydrogen) atoms. The molecule has 0 amide bonds. The maximum atomic E-state index is 10.3. The summed E-state index contributed by atoms with van der Waals surface area (Å²) in [6.07, 6.45) is 1.31. The molecule has 6 nitrogen and oxygen atoms in total. The van der Waals surface area contributed by atoms with Crippen molar-refractivity contribution in [3.8, 4) is 0 Å². The van der Waals surface area contributed by atoms with Crippen LogP contribution in [0.4, 0.5) is 5.69 Å². The molecule has 0 saturated heterocycles. The molecule has 0 radical (unpaired) electrons. The van der Waals surface area contributed by atoms with Gasteiger partial charge in [0.1, 0.15) is 0 Å². The molecule has 0 aliphatic rings. The summed E-state index contributed by atoms with van der Waals surface area (Å²) in [7, 11) is 1.53. The largest absolute Gasteiger partial charge is 0.383 e. The number of H-pyrrole nitrogens is 1. The number of nitro groups is 1. The minimum Gasteiger partial charge on any atom is -0.383 e. The second kappa shape index (κ2) is 4.01. The Bertz CT molecular complexity index is 297. The lowest BCUT2D eigenvalue weighted by Gasteiger charge is -2.06. The molecular formula is C7H11N3O3. The van der Waals surface area contributed by atoms with Crippen LogP contribution in [0.3, 0.4) is 0 Å². The Morgan fingerprint density at radius 3 is 3.00 bits per heavy atom. The number of nitrogens with zero attached hydrogens (tertiary/aromatic N) is 1. The third kappa shape index (κ3) is 2.27. The van der Waals surface area contributed by atoms with Crippen molar-refractivity contribution in [2.24, 2.45) is 5.73 Å². The molecular weight excluding hydrogens is 174 g/mol. The Labute approximate surface area is 74.8 Å². The summed E-state index contributed by atoms with van der Waals surface area (Å²) in [4.78, 5) is 12.6. The Balaban J connectivity index is 2.73. The standard InChI is InChI=1S/C7H11N3O3/c1-13-4-6(8)7-2-5(3-9-7)10(11)12/h2-3,6,9H,4,8H2,1H3. The molecule has 0 aliphatic carbocycles. The van der Waals surface area contributed by atoms with E-state index in [2.05, 4.69) is 4.98 Å². The average molecular weight is 185 g/mol. The van der Waals surface area contributed by atoms with Crippen LogP contribution in [0.15, 0.2) is 12.3 Å². The van der Waals surface area contributed by atoms with Gasteiger partial charge in [0.2, 0.25) is 0 Å². The summed E-state index contributed by atoms with van der Waals surface area (Å²) in [5.74, 6) is 0. The molecule has 72 valence electrons. The molecule has 1 heterocycles. The fraction of sp³-hybridized carbons (Fsp3) is 0.429. The molecule has 1 aromatic rings. The zero-order chi connectivity index (χ0) is 9.84. The lowest BCUT2D eigenvalue weighted by molar-refractivity contribution is -0.384. The van der Waals surface area contributed by atoms with E-state index < -0.39 is 4.92 Å². The van der Waals surface area contributed by atoms with Crippen LogP contribution in [0.2, 0.25) is 0 Å². The van der Waals surface area contributed by atoms with Crippen molar-refractivity contribution in [1.82, 2.24) is 4.98 Å². The molecule has 1 unspecified atom stereocenters. The third-order valence-electron chi connectivity index (χ3n) is 1.65. The van der Waals surface area contributed by atoms with E-state index in [4.69, 9.17) is 10.5 Å². The smallest absolute Gasteiger partial charge is 0.287 e. The SMILES string of the molecule is COCC(N)c1cc([N+](=O)[O-])c[nH]1. The van der Waals surface area contributed by atoms with Crippen LogP contribution < -0.4 is 5.73 Å². The first kappa shape index (κ1) is 9.69. The topological polar surface area (TPSA) is 94.2 Å². The third-order valence-corrected chi connectivity index (χ3v) is 1.65. The second-order valence-corrected chi connectivity index (χ2v) is 2.63. The van der Waals surface area contributed by atoms with Crippen LogP contribution in [0.5, 0.6) is 0 Å². The summed E-state index contributed by atoms with van der Waals surface area (Å²) in [6.45, 7) is 0.331. The lowest BCUT2D eigenvalue weighted by atomic mass is 10.2. The Morgan fingerprint density at radius 1 is 1.85 bits per heavy atom. The lowest BCUT2D eigenvalue weighted by Crippen LogP contribution is -2.16. The minimum absolute atomic E-state index is 0.0153. The van der Waals surface area contributed by atoms with Crippen LogP contribution in [-0.4, -0.2) is 23.6 Å². The number of nitrogens with two attached hydrogens (primary N) is 1. The zero-order valence-electron chi connectivity index (χ0n) is 7.19. The van der Waals surface area contributed by atoms with Crippen LogP contribution in [0.25, 0.3) is 0 Å². The van der Waals surface area contributed by atoms with Gasteiger partial charge in [-0.25, -0.2) is 0 Å². The maximum absolute atomic E-state index is 10.3. The first-order chi connectivity index (χ1) is 6.15. The van der Waals surface area contributed by atoms with Crippen LogP contribution >= 0.6 is 0 Å². The van der Waals surface area contributed by atoms with Gasteiger partial charge in [-0.05, 0) is 0 Å². The molecule has 1 aromatic heterocycles. The van der Waals surface area contributed by atoms with Crippen molar-refractivity contribution in [2.75, 3.05) is 13.7 Å². The van der Waals surface area contributed by atoms with E-state index in [1.54, 1.807) is 0 Å². The highest BCUT2D eigenvalue weighted by molar-refractivity contribution is 5.31. The first-order valence-electron chi connectivity index (χ1n) is 3.72. The van der Waals surface area contributed by atoms with Crippen molar-refractivity contribution >= 4 is 5.69 Å². The van der Waals surface area contributed by atoms with Gasteiger partial charge < -0.3 is 15.5 Å². The first-order valence-corrected chi connectivity index (χ1v) is 3.72. The van der Waals surface area contributed by atoms with Crippen molar-refractivity contribution < 1.29 is 9.66 Å². The van der Waals surface area contributed by atoms with Gasteiger partial charge >= 0.3 is 0 Å². The monoisotopic (exact) mass is 185 g/mol. The second-order valence-electron chi connectivity index (χ2n) is 2.63. The molecule has 0 fully saturated rings. The number of hydrogen-bond donors (Lipinski definition) is 2. The fourth-order valence-corrected chi connectivity index (χ4v) is 0.989. The van der Waals surface area contributed by atoms with Gasteiger partial charge in [0.05, 0.1) is 23.8 Å². The highest BCUT2D eigenvalue weighted by Crippen LogP contribution is 2.16. The van der Waals surface area contributed by atoms with E-state index in [0.29, 0.717) is 12.3 Å². The van der Waals surface area contributed by atoms with Crippen LogP contribution in [0.1, 0.15) is 11.7 Å². The van der Waals surface area contributed by atoms with Crippen molar-refractivity contribution in [2.45, 2.75) is 6.04 Å². The molecule has 6 heteroatoms. The highest BCUT2D eigenvalue weighted by atomic mass is 16.6. The summed E-state index contributed by atoms with van der Waals surface area (Å²) in [6, 6.07) is 1.06. The molecule has 3 N–H and O–H groups in total. The molecule has 0 aliphatic heterocycles. The number of aromatic nitrogens is 1. The van der Waals surface area contributed by atoms with Gasteiger partial charge in [0, 0.05) is 18.9 Å². The molecule has 0 aromatic carbocycles.